The summed E-state index contributed by atoms with van der Waals surface area (Å²) < 4.78 is 2.28. The maximum absolute atomic E-state index is 12.4. The van der Waals surface area contributed by atoms with Crippen molar-refractivity contribution < 1.29 is 15.0 Å². The average Bonchev–Trinajstić information content (AvgIpc) is 3.29. The molecule has 1 aromatic carbocycles. The molecule has 5 rings (SSSR count). The molecule has 4 N–H and O–H groups in total. The summed E-state index contributed by atoms with van der Waals surface area (Å²) in [5.41, 5.74) is 1.14. The monoisotopic (exact) mass is 554 g/mol. The van der Waals surface area contributed by atoms with Crippen LogP contribution in [0.25, 0.3) is 11.2 Å². The van der Waals surface area contributed by atoms with Gasteiger partial charge in [-0.1, -0.05) is 23.7 Å². The number of aromatic nitrogens is 4. The lowest BCUT2D eigenvalue weighted by Crippen LogP contribution is -2.41. The molecule has 1 amide bonds. The van der Waals surface area contributed by atoms with Gasteiger partial charge in [-0.3, -0.25) is 4.79 Å². The number of fused-ring (bicyclic) bond motifs is 2. The van der Waals surface area contributed by atoms with Gasteiger partial charge >= 0.3 is 0 Å². The van der Waals surface area contributed by atoms with Gasteiger partial charge < -0.3 is 25.4 Å². The van der Waals surface area contributed by atoms with Crippen LogP contribution in [0.15, 0.2) is 30.6 Å². The van der Waals surface area contributed by atoms with Crippen LogP contribution in [-0.4, -0.2) is 54.9 Å². The molecule has 2 aliphatic carbocycles. The Morgan fingerprint density at radius 1 is 1.39 bits per heavy atom. The smallest absolute Gasteiger partial charge is 0.229 e. The molecule has 9 nitrogen and oxygen atoms in total. The summed E-state index contributed by atoms with van der Waals surface area (Å²) >= 11 is 8.10. The van der Waals surface area contributed by atoms with E-state index in [1.165, 1.54) is 0 Å². The highest BCUT2D eigenvalue weighted by Gasteiger charge is 2.75. The molecule has 0 bridgehead atoms. The number of aliphatic hydroxyl groups excluding tert-OH is 2. The van der Waals surface area contributed by atoms with Crippen LogP contribution in [0.4, 0.5) is 5.82 Å². The van der Waals surface area contributed by atoms with Crippen molar-refractivity contribution in [2.75, 3.05) is 12.4 Å². The molecule has 0 radical (unpaired) electrons. The number of carbonyl (C=O) groups excluding carboxylic acids is 1. The largest absolute Gasteiger partial charge is 0.389 e. The number of amides is 1. The Hall–Kier alpha value is -2.02. The number of rotatable bonds is 5. The van der Waals surface area contributed by atoms with Gasteiger partial charge in [-0.05, 0) is 24.1 Å². The summed E-state index contributed by atoms with van der Waals surface area (Å²) in [5, 5.41) is 28.0. The highest BCUT2D eigenvalue weighted by molar-refractivity contribution is 14.1. The van der Waals surface area contributed by atoms with Gasteiger partial charge in [-0.15, -0.1) is 0 Å². The summed E-state index contributed by atoms with van der Waals surface area (Å²) in [6.45, 7) is 0.503. The molecule has 2 aromatic heterocycles. The second kappa shape index (κ2) is 7.54. The van der Waals surface area contributed by atoms with E-state index in [0.29, 0.717) is 38.8 Å². The molecule has 2 heterocycles. The van der Waals surface area contributed by atoms with Crippen LogP contribution < -0.4 is 10.6 Å². The van der Waals surface area contributed by atoms with Gasteiger partial charge in [0.15, 0.2) is 20.8 Å². The minimum absolute atomic E-state index is 0.189. The molecule has 2 saturated carbocycles. The first-order chi connectivity index (χ1) is 14.9. The van der Waals surface area contributed by atoms with Gasteiger partial charge in [-0.25, -0.2) is 15.0 Å². The summed E-state index contributed by atoms with van der Waals surface area (Å²) in [7, 11) is 1.54. The summed E-state index contributed by atoms with van der Waals surface area (Å²) in [6.07, 6.45) is -0.124. The second-order valence-electron chi connectivity index (χ2n) is 8.00. The molecule has 0 spiro atoms. The van der Waals surface area contributed by atoms with Crippen molar-refractivity contribution in [3.05, 3.63) is 45.0 Å². The van der Waals surface area contributed by atoms with Gasteiger partial charge in [0.2, 0.25) is 5.91 Å². The van der Waals surface area contributed by atoms with Gasteiger partial charge in [-0.2, -0.15) is 0 Å². The molecule has 162 valence electrons. The summed E-state index contributed by atoms with van der Waals surface area (Å²) in [5.74, 6) is 0.129. The standard InChI is InChI=1S/C20H20ClIN6O3/c1-23-18(31)20-6-11(20)13(14(29)15(20)30)28-8-25-12-16(26-19(22)27-17(12)28)24-7-9-3-2-4-10(21)5-9/h2-5,8,11,13-15,29-30H,6-7H2,1H3,(H,23,31)(H,24,26,27)/t11?,13-,14?,15+,20-/m1/s1. The third-order valence-electron chi connectivity index (χ3n) is 6.39. The van der Waals surface area contributed by atoms with Crippen LogP contribution in [0.2, 0.25) is 5.02 Å². The van der Waals surface area contributed by atoms with Crippen molar-refractivity contribution in [2.24, 2.45) is 11.3 Å². The zero-order valence-corrected chi connectivity index (χ0v) is 19.4. The molecule has 0 aliphatic heterocycles. The Balaban J connectivity index is 1.49. The first kappa shape index (κ1) is 20.9. The normalized spacial score (nSPS) is 29.1. The van der Waals surface area contributed by atoms with E-state index in [1.54, 1.807) is 17.9 Å². The minimum Gasteiger partial charge on any atom is -0.389 e. The van der Waals surface area contributed by atoms with Crippen molar-refractivity contribution in [1.29, 1.82) is 0 Å². The number of nitrogens with one attached hydrogen (secondary N) is 2. The lowest BCUT2D eigenvalue weighted by molar-refractivity contribution is -0.132. The van der Waals surface area contributed by atoms with Gasteiger partial charge in [0.25, 0.3) is 0 Å². The zero-order chi connectivity index (χ0) is 21.9. The Labute approximate surface area is 196 Å². The Kier molecular flexibility index (Phi) is 5.07. The maximum atomic E-state index is 12.4. The number of benzene rings is 1. The van der Waals surface area contributed by atoms with E-state index < -0.39 is 23.7 Å². The number of anilines is 1. The number of hydrogen-bond acceptors (Lipinski definition) is 7. The third kappa shape index (κ3) is 3.19. The van der Waals surface area contributed by atoms with E-state index in [0.717, 1.165) is 5.56 Å². The van der Waals surface area contributed by atoms with Crippen molar-refractivity contribution >= 4 is 57.1 Å². The molecule has 11 heteroatoms. The van der Waals surface area contributed by atoms with Crippen LogP contribution in [0.5, 0.6) is 0 Å². The molecular weight excluding hydrogens is 535 g/mol. The Morgan fingerprint density at radius 2 is 2.19 bits per heavy atom. The predicted molar refractivity (Wildman–Crippen MR) is 122 cm³/mol. The molecule has 2 fully saturated rings. The number of halogens is 2. The lowest BCUT2D eigenvalue weighted by atomic mass is 9.98. The first-order valence-electron chi connectivity index (χ1n) is 9.83. The van der Waals surface area contributed by atoms with E-state index in [9.17, 15) is 15.0 Å². The van der Waals surface area contributed by atoms with Crippen molar-refractivity contribution in [2.45, 2.75) is 31.2 Å². The van der Waals surface area contributed by atoms with Crippen LogP contribution in [0, 0.1) is 15.2 Å². The van der Waals surface area contributed by atoms with E-state index in [4.69, 9.17) is 11.6 Å². The fraction of sp³-hybridized carbons (Fsp3) is 0.400. The third-order valence-corrected chi connectivity index (χ3v) is 7.10. The molecular formula is C20H20ClIN6O3. The van der Waals surface area contributed by atoms with E-state index >= 15 is 0 Å². The first-order valence-corrected chi connectivity index (χ1v) is 11.3. The molecule has 5 atom stereocenters. The van der Waals surface area contributed by atoms with Gasteiger partial charge in [0, 0.05) is 47.1 Å². The van der Waals surface area contributed by atoms with Gasteiger partial charge in [0.05, 0.1) is 23.9 Å². The fourth-order valence-electron chi connectivity index (χ4n) is 4.85. The number of aliphatic hydroxyl groups is 2. The van der Waals surface area contributed by atoms with Crippen LogP contribution in [0.1, 0.15) is 18.0 Å². The van der Waals surface area contributed by atoms with E-state index in [-0.39, 0.29) is 11.8 Å². The highest BCUT2D eigenvalue weighted by atomic mass is 127. The van der Waals surface area contributed by atoms with E-state index in [1.807, 2.05) is 46.9 Å². The fourth-order valence-corrected chi connectivity index (χ4v) is 5.53. The Bertz CT molecular complexity index is 1190. The SMILES string of the molecule is CNC(=O)[C@]12CC1[C@@H](n1cnc3c(NCc4cccc(Cl)c4)nc(I)nc31)C(O)[C@@H]2O. The Morgan fingerprint density at radius 3 is 2.94 bits per heavy atom. The molecule has 0 saturated heterocycles. The lowest BCUT2D eigenvalue weighted by Gasteiger charge is -2.23. The van der Waals surface area contributed by atoms with Crippen molar-refractivity contribution in [1.82, 2.24) is 24.8 Å². The number of hydrogen-bond donors (Lipinski definition) is 4. The van der Waals surface area contributed by atoms with Crippen molar-refractivity contribution in [3.8, 4) is 0 Å². The molecule has 31 heavy (non-hydrogen) atoms. The topological polar surface area (TPSA) is 125 Å². The summed E-state index contributed by atoms with van der Waals surface area (Å²) in [4.78, 5) is 25.9. The average molecular weight is 555 g/mol. The summed E-state index contributed by atoms with van der Waals surface area (Å²) in [6, 6.07) is 7.04. The second-order valence-corrected chi connectivity index (χ2v) is 9.41. The quantitative estimate of drug-likeness (QED) is 0.280. The highest BCUT2D eigenvalue weighted by Crippen LogP contribution is 2.67. The van der Waals surface area contributed by atoms with Crippen LogP contribution in [-0.2, 0) is 11.3 Å². The van der Waals surface area contributed by atoms with Crippen LogP contribution >= 0.6 is 34.2 Å². The van der Waals surface area contributed by atoms with Crippen LogP contribution in [0.3, 0.4) is 0 Å². The van der Waals surface area contributed by atoms with Gasteiger partial charge in [0.1, 0.15) is 6.10 Å². The maximum Gasteiger partial charge on any atom is 0.229 e. The zero-order valence-electron chi connectivity index (χ0n) is 16.5. The van der Waals surface area contributed by atoms with E-state index in [2.05, 4.69) is 25.6 Å². The molecule has 2 aliphatic rings. The predicted octanol–water partition coefficient (Wildman–Crippen LogP) is 1.73. The number of imidazole rings is 1. The number of carbonyl (C=O) groups is 1. The molecule has 2 unspecified atom stereocenters. The molecule has 3 aromatic rings. The van der Waals surface area contributed by atoms with Crippen molar-refractivity contribution in [3.63, 3.8) is 0 Å². The number of nitrogens with zero attached hydrogens (tertiary/aromatic N) is 4. The minimum atomic E-state index is -1.14.